The normalized spacial score (nSPS) is 22.3. The molecular formula is C16H24ClN3O2S. The van der Waals surface area contributed by atoms with E-state index in [1.807, 2.05) is 18.2 Å². The summed E-state index contributed by atoms with van der Waals surface area (Å²) in [5.41, 5.74) is 1.17. The zero-order valence-corrected chi connectivity index (χ0v) is 14.9. The molecule has 0 amide bonds. The van der Waals surface area contributed by atoms with Crippen molar-refractivity contribution < 1.29 is 8.42 Å². The number of rotatable bonds is 4. The van der Waals surface area contributed by atoms with Crippen molar-refractivity contribution in [1.82, 2.24) is 13.5 Å². The van der Waals surface area contributed by atoms with Crippen LogP contribution in [0.2, 0.25) is 5.02 Å². The first kappa shape index (κ1) is 17.2. The molecule has 3 rings (SSSR count). The van der Waals surface area contributed by atoms with Crippen LogP contribution in [0, 0.1) is 0 Å². The molecule has 128 valence electrons. The Morgan fingerprint density at radius 1 is 0.913 bits per heavy atom. The van der Waals surface area contributed by atoms with Crippen LogP contribution in [0.15, 0.2) is 24.3 Å². The molecule has 0 aliphatic carbocycles. The minimum absolute atomic E-state index is 0.569. The molecule has 0 radical (unpaired) electrons. The zero-order valence-electron chi connectivity index (χ0n) is 13.3. The van der Waals surface area contributed by atoms with E-state index in [0.717, 1.165) is 43.9 Å². The van der Waals surface area contributed by atoms with Crippen molar-refractivity contribution in [3.05, 3.63) is 34.9 Å². The summed E-state index contributed by atoms with van der Waals surface area (Å²) in [5.74, 6) is 0. The first-order chi connectivity index (χ1) is 11.1. The van der Waals surface area contributed by atoms with Crippen molar-refractivity contribution in [3.8, 4) is 0 Å². The third kappa shape index (κ3) is 4.25. The number of benzene rings is 1. The summed E-state index contributed by atoms with van der Waals surface area (Å²) < 4.78 is 28.6. The van der Waals surface area contributed by atoms with Crippen molar-refractivity contribution in [2.45, 2.75) is 25.8 Å². The van der Waals surface area contributed by atoms with E-state index < -0.39 is 10.2 Å². The monoisotopic (exact) mass is 357 g/mol. The lowest BCUT2D eigenvalue weighted by atomic mass is 10.2. The van der Waals surface area contributed by atoms with Gasteiger partial charge in [-0.25, -0.2) is 0 Å². The van der Waals surface area contributed by atoms with E-state index in [2.05, 4.69) is 11.0 Å². The van der Waals surface area contributed by atoms with Crippen molar-refractivity contribution in [2.75, 3.05) is 39.3 Å². The lowest BCUT2D eigenvalue weighted by molar-refractivity contribution is 0.173. The van der Waals surface area contributed by atoms with Gasteiger partial charge in [-0.2, -0.15) is 17.0 Å². The molecule has 23 heavy (non-hydrogen) atoms. The summed E-state index contributed by atoms with van der Waals surface area (Å²) in [6.07, 6.45) is 3.10. The largest absolute Gasteiger partial charge is 0.296 e. The predicted octanol–water partition coefficient (Wildman–Crippen LogP) is 2.19. The van der Waals surface area contributed by atoms with E-state index in [9.17, 15) is 8.42 Å². The van der Waals surface area contributed by atoms with Gasteiger partial charge in [-0.15, -0.1) is 0 Å². The Balaban J connectivity index is 1.55. The van der Waals surface area contributed by atoms with E-state index >= 15 is 0 Å². The molecule has 2 saturated heterocycles. The molecule has 0 spiro atoms. The second kappa shape index (κ2) is 7.49. The first-order valence-corrected chi connectivity index (χ1v) is 10.1. The molecule has 2 heterocycles. The van der Waals surface area contributed by atoms with Crippen LogP contribution in [0.3, 0.4) is 0 Å². The maximum absolute atomic E-state index is 12.7. The van der Waals surface area contributed by atoms with Crippen molar-refractivity contribution in [1.29, 1.82) is 0 Å². The van der Waals surface area contributed by atoms with Gasteiger partial charge < -0.3 is 0 Å². The molecule has 0 aromatic heterocycles. The van der Waals surface area contributed by atoms with Gasteiger partial charge in [0.1, 0.15) is 0 Å². The number of piperazine rings is 1. The summed E-state index contributed by atoms with van der Waals surface area (Å²) in [6.45, 7) is 4.83. The van der Waals surface area contributed by atoms with Gasteiger partial charge in [0.15, 0.2) is 0 Å². The molecule has 0 N–H and O–H groups in total. The van der Waals surface area contributed by atoms with E-state index in [1.54, 1.807) is 8.61 Å². The quantitative estimate of drug-likeness (QED) is 0.829. The third-order valence-electron chi connectivity index (χ3n) is 4.59. The Kier molecular flexibility index (Phi) is 5.59. The standard InChI is InChI=1S/C16H24ClN3O2S/c17-16-6-4-5-15(13-16)14-18-9-11-20(12-10-18)23(21,22)19-7-2-1-3-8-19/h4-6,13H,1-3,7-12,14H2. The summed E-state index contributed by atoms with van der Waals surface area (Å²) in [5, 5.41) is 0.744. The minimum Gasteiger partial charge on any atom is -0.296 e. The van der Waals surface area contributed by atoms with E-state index in [-0.39, 0.29) is 0 Å². The summed E-state index contributed by atoms with van der Waals surface area (Å²) in [6, 6.07) is 7.85. The Labute approximate surface area is 144 Å². The molecule has 0 unspecified atom stereocenters. The average Bonchev–Trinajstić information content (AvgIpc) is 2.56. The number of halogens is 1. The van der Waals surface area contributed by atoms with Crippen LogP contribution in [0.1, 0.15) is 24.8 Å². The predicted molar refractivity (Wildman–Crippen MR) is 92.6 cm³/mol. The van der Waals surface area contributed by atoms with Gasteiger partial charge in [-0.05, 0) is 30.5 Å². The van der Waals surface area contributed by atoms with Gasteiger partial charge in [0.2, 0.25) is 0 Å². The van der Waals surface area contributed by atoms with Crippen molar-refractivity contribution in [3.63, 3.8) is 0 Å². The van der Waals surface area contributed by atoms with Crippen LogP contribution < -0.4 is 0 Å². The number of hydrogen-bond acceptors (Lipinski definition) is 3. The number of nitrogens with zero attached hydrogens (tertiary/aromatic N) is 3. The number of piperidine rings is 1. The molecule has 1 aromatic rings. The third-order valence-corrected chi connectivity index (χ3v) is 6.86. The molecule has 1 aromatic carbocycles. The fourth-order valence-electron chi connectivity index (χ4n) is 3.27. The smallest absolute Gasteiger partial charge is 0.282 e. The Morgan fingerprint density at radius 2 is 1.57 bits per heavy atom. The second-order valence-electron chi connectivity index (χ2n) is 6.27. The molecule has 5 nitrogen and oxygen atoms in total. The molecule has 0 saturated carbocycles. The summed E-state index contributed by atoms with van der Waals surface area (Å²) >= 11 is 6.02. The fraction of sp³-hybridized carbons (Fsp3) is 0.625. The Hall–Kier alpha value is -0.660. The van der Waals surface area contributed by atoms with Crippen LogP contribution in [-0.4, -0.2) is 61.2 Å². The highest BCUT2D eigenvalue weighted by Gasteiger charge is 2.32. The molecule has 2 aliphatic heterocycles. The van der Waals surface area contributed by atoms with Crippen LogP contribution in [0.4, 0.5) is 0 Å². The fourth-order valence-corrected chi connectivity index (χ4v) is 5.15. The van der Waals surface area contributed by atoms with Gasteiger partial charge in [-0.1, -0.05) is 30.2 Å². The van der Waals surface area contributed by atoms with Gasteiger partial charge in [0.05, 0.1) is 0 Å². The lowest BCUT2D eigenvalue weighted by Gasteiger charge is -2.37. The lowest BCUT2D eigenvalue weighted by Crippen LogP contribution is -2.53. The van der Waals surface area contributed by atoms with E-state index in [0.29, 0.717) is 26.2 Å². The van der Waals surface area contributed by atoms with Gasteiger partial charge in [-0.3, -0.25) is 4.90 Å². The molecular weight excluding hydrogens is 334 g/mol. The molecule has 2 fully saturated rings. The highest BCUT2D eigenvalue weighted by Crippen LogP contribution is 2.19. The van der Waals surface area contributed by atoms with Crippen LogP contribution in [0.25, 0.3) is 0 Å². The Bertz CT molecular complexity index is 624. The molecule has 7 heteroatoms. The molecule has 0 bridgehead atoms. The van der Waals surface area contributed by atoms with Gasteiger partial charge >= 0.3 is 0 Å². The SMILES string of the molecule is O=S(=O)(N1CCCCC1)N1CCN(Cc2cccc(Cl)c2)CC1. The first-order valence-electron chi connectivity index (χ1n) is 8.28. The number of hydrogen-bond donors (Lipinski definition) is 0. The zero-order chi connectivity index (χ0) is 16.3. The second-order valence-corrected chi connectivity index (χ2v) is 8.64. The Morgan fingerprint density at radius 3 is 2.22 bits per heavy atom. The molecule has 0 atom stereocenters. The topological polar surface area (TPSA) is 43.9 Å². The highest BCUT2D eigenvalue weighted by molar-refractivity contribution is 7.86. The summed E-state index contributed by atoms with van der Waals surface area (Å²) in [7, 11) is -3.27. The van der Waals surface area contributed by atoms with Gasteiger partial charge in [0, 0.05) is 50.8 Å². The van der Waals surface area contributed by atoms with Crippen molar-refractivity contribution >= 4 is 21.8 Å². The van der Waals surface area contributed by atoms with Crippen LogP contribution in [0.5, 0.6) is 0 Å². The average molecular weight is 358 g/mol. The van der Waals surface area contributed by atoms with E-state index in [4.69, 9.17) is 11.6 Å². The van der Waals surface area contributed by atoms with Crippen LogP contribution in [-0.2, 0) is 16.8 Å². The van der Waals surface area contributed by atoms with Crippen molar-refractivity contribution in [2.24, 2.45) is 0 Å². The highest BCUT2D eigenvalue weighted by atomic mass is 35.5. The summed E-state index contributed by atoms with van der Waals surface area (Å²) in [4.78, 5) is 2.29. The minimum atomic E-state index is -3.27. The molecule has 2 aliphatic rings. The van der Waals surface area contributed by atoms with Crippen LogP contribution >= 0.6 is 11.6 Å². The maximum atomic E-state index is 12.7. The van der Waals surface area contributed by atoms with Gasteiger partial charge in [0.25, 0.3) is 10.2 Å². The maximum Gasteiger partial charge on any atom is 0.282 e. The van der Waals surface area contributed by atoms with E-state index in [1.165, 1.54) is 5.56 Å².